The summed E-state index contributed by atoms with van der Waals surface area (Å²) in [6.07, 6.45) is 1.58. The van der Waals surface area contributed by atoms with E-state index in [1.807, 2.05) is 12.1 Å². The monoisotopic (exact) mass is 360 g/mol. The second kappa shape index (κ2) is 5.38. The fourth-order valence-corrected chi connectivity index (χ4v) is 2.67. The number of aromatic amines is 1. The molecule has 112 valence electrons. The molecular formula is C14H13BrN6O. The number of amides is 1. The highest BCUT2D eigenvalue weighted by molar-refractivity contribution is 9.10. The number of nitrogen functional groups attached to an aromatic ring is 1. The number of aromatic nitrogens is 4. The number of benzene rings is 1. The summed E-state index contributed by atoms with van der Waals surface area (Å²) in [5.41, 5.74) is 8.15. The highest BCUT2D eigenvalue weighted by Gasteiger charge is 2.20. The average Bonchev–Trinajstić information content (AvgIpc) is 2.89. The lowest BCUT2D eigenvalue weighted by molar-refractivity contribution is 0.0824. The van der Waals surface area contributed by atoms with Crippen molar-refractivity contribution in [1.29, 1.82) is 0 Å². The van der Waals surface area contributed by atoms with Gasteiger partial charge in [-0.25, -0.2) is 9.97 Å². The first-order valence-corrected chi connectivity index (χ1v) is 7.25. The standard InChI is InChI=1S/C14H13BrN6O/c1-21(2)13(22)12-11-8(9-3-4-17-14(16)18-9)5-7(15)6-10(11)19-20-12/h3-6H,1-2H3,(H,19,20)(H2,16,17,18). The molecule has 0 bridgehead atoms. The van der Waals surface area contributed by atoms with Gasteiger partial charge in [0.1, 0.15) is 0 Å². The third-order valence-corrected chi connectivity index (χ3v) is 3.64. The Balaban J connectivity index is 2.33. The zero-order chi connectivity index (χ0) is 15.9. The minimum absolute atomic E-state index is 0.176. The van der Waals surface area contributed by atoms with Gasteiger partial charge in [-0.15, -0.1) is 0 Å². The van der Waals surface area contributed by atoms with Crippen LogP contribution in [0.4, 0.5) is 5.95 Å². The summed E-state index contributed by atoms with van der Waals surface area (Å²) in [5.74, 6) is -0.00791. The van der Waals surface area contributed by atoms with E-state index < -0.39 is 0 Å². The van der Waals surface area contributed by atoms with Crippen LogP contribution < -0.4 is 5.73 Å². The summed E-state index contributed by atoms with van der Waals surface area (Å²) in [7, 11) is 3.37. The lowest BCUT2D eigenvalue weighted by Crippen LogP contribution is -2.22. The number of hydrogen-bond acceptors (Lipinski definition) is 5. The normalized spacial score (nSPS) is 10.9. The number of nitrogens with zero attached hydrogens (tertiary/aromatic N) is 4. The third kappa shape index (κ3) is 2.41. The van der Waals surface area contributed by atoms with E-state index in [0.717, 1.165) is 15.6 Å². The SMILES string of the molecule is CN(C)C(=O)c1n[nH]c2cc(Br)cc(-c3ccnc(N)n3)c12. The van der Waals surface area contributed by atoms with Gasteiger partial charge in [-0.05, 0) is 18.2 Å². The number of carbonyl (C=O) groups excluding carboxylic acids is 1. The Bertz CT molecular complexity index is 873. The van der Waals surface area contributed by atoms with Crippen molar-refractivity contribution < 1.29 is 4.79 Å². The van der Waals surface area contributed by atoms with Crippen LogP contribution in [-0.2, 0) is 0 Å². The van der Waals surface area contributed by atoms with E-state index in [4.69, 9.17) is 5.73 Å². The lowest BCUT2D eigenvalue weighted by Gasteiger charge is -2.10. The van der Waals surface area contributed by atoms with Gasteiger partial charge in [0.2, 0.25) is 5.95 Å². The predicted molar refractivity (Wildman–Crippen MR) is 87.2 cm³/mol. The maximum absolute atomic E-state index is 12.3. The van der Waals surface area contributed by atoms with Crippen molar-refractivity contribution >= 4 is 38.7 Å². The number of hydrogen-bond donors (Lipinski definition) is 2. The summed E-state index contributed by atoms with van der Waals surface area (Å²) in [6, 6.07) is 5.49. The van der Waals surface area contributed by atoms with Crippen molar-refractivity contribution in [3.8, 4) is 11.3 Å². The van der Waals surface area contributed by atoms with Crippen molar-refractivity contribution in [3.05, 3.63) is 34.6 Å². The van der Waals surface area contributed by atoms with Crippen molar-refractivity contribution in [2.45, 2.75) is 0 Å². The molecule has 0 aliphatic heterocycles. The van der Waals surface area contributed by atoms with Crippen LogP contribution in [0, 0.1) is 0 Å². The predicted octanol–water partition coefficient (Wildman–Crippen LogP) is 2.07. The van der Waals surface area contributed by atoms with Gasteiger partial charge in [-0.1, -0.05) is 15.9 Å². The number of rotatable bonds is 2. The molecule has 0 spiro atoms. The largest absolute Gasteiger partial charge is 0.368 e. The van der Waals surface area contributed by atoms with E-state index in [0.29, 0.717) is 16.8 Å². The van der Waals surface area contributed by atoms with Crippen molar-refractivity contribution in [3.63, 3.8) is 0 Å². The van der Waals surface area contributed by atoms with Gasteiger partial charge in [0.15, 0.2) is 5.69 Å². The maximum Gasteiger partial charge on any atom is 0.274 e. The molecular weight excluding hydrogens is 348 g/mol. The molecule has 0 atom stereocenters. The maximum atomic E-state index is 12.3. The van der Waals surface area contributed by atoms with Gasteiger partial charge in [0.25, 0.3) is 5.91 Å². The van der Waals surface area contributed by atoms with Crippen LogP contribution in [0.25, 0.3) is 22.2 Å². The highest BCUT2D eigenvalue weighted by Crippen LogP contribution is 2.32. The first-order valence-electron chi connectivity index (χ1n) is 6.45. The van der Waals surface area contributed by atoms with Gasteiger partial charge in [0, 0.05) is 35.7 Å². The summed E-state index contributed by atoms with van der Waals surface area (Å²) >= 11 is 3.46. The molecule has 2 aromatic heterocycles. The summed E-state index contributed by atoms with van der Waals surface area (Å²) in [4.78, 5) is 21.9. The Labute approximate surface area is 134 Å². The quantitative estimate of drug-likeness (QED) is 0.728. The molecule has 0 aliphatic carbocycles. The average molecular weight is 361 g/mol. The molecule has 0 aliphatic rings. The Hall–Kier alpha value is -2.48. The van der Waals surface area contributed by atoms with E-state index in [-0.39, 0.29) is 11.9 Å². The molecule has 8 heteroatoms. The number of nitrogens with two attached hydrogens (primary N) is 1. The van der Waals surface area contributed by atoms with E-state index in [1.165, 1.54) is 4.90 Å². The van der Waals surface area contributed by atoms with Crippen LogP contribution in [-0.4, -0.2) is 45.1 Å². The molecule has 0 fully saturated rings. The summed E-state index contributed by atoms with van der Waals surface area (Å²) in [5, 5.41) is 7.75. The molecule has 22 heavy (non-hydrogen) atoms. The number of halogens is 1. The van der Waals surface area contributed by atoms with Gasteiger partial charge < -0.3 is 10.6 Å². The van der Waals surface area contributed by atoms with E-state index >= 15 is 0 Å². The zero-order valence-electron chi connectivity index (χ0n) is 12.0. The summed E-state index contributed by atoms with van der Waals surface area (Å²) < 4.78 is 0.847. The van der Waals surface area contributed by atoms with Crippen LogP contribution >= 0.6 is 15.9 Å². The lowest BCUT2D eigenvalue weighted by atomic mass is 10.0. The molecule has 1 amide bonds. The van der Waals surface area contributed by atoms with E-state index in [9.17, 15) is 4.79 Å². The van der Waals surface area contributed by atoms with Gasteiger partial charge in [0.05, 0.1) is 11.2 Å². The van der Waals surface area contributed by atoms with Crippen molar-refractivity contribution in [1.82, 2.24) is 25.1 Å². The Morgan fingerprint density at radius 1 is 1.36 bits per heavy atom. The topological polar surface area (TPSA) is 101 Å². The van der Waals surface area contributed by atoms with Crippen LogP contribution in [0.1, 0.15) is 10.5 Å². The molecule has 0 radical (unpaired) electrons. The number of H-pyrrole nitrogens is 1. The van der Waals surface area contributed by atoms with Gasteiger partial charge in [-0.3, -0.25) is 9.89 Å². The molecule has 1 aromatic carbocycles. The second-order valence-electron chi connectivity index (χ2n) is 4.95. The minimum atomic E-state index is -0.183. The van der Waals surface area contributed by atoms with Crippen molar-refractivity contribution in [2.24, 2.45) is 0 Å². The van der Waals surface area contributed by atoms with Crippen LogP contribution in [0.15, 0.2) is 28.9 Å². The Kier molecular flexibility index (Phi) is 3.53. The van der Waals surface area contributed by atoms with Crippen LogP contribution in [0.5, 0.6) is 0 Å². The number of carbonyl (C=O) groups is 1. The smallest absolute Gasteiger partial charge is 0.274 e. The van der Waals surface area contributed by atoms with Crippen LogP contribution in [0.2, 0.25) is 0 Å². The minimum Gasteiger partial charge on any atom is -0.368 e. The van der Waals surface area contributed by atoms with Gasteiger partial charge >= 0.3 is 0 Å². The Morgan fingerprint density at radius 3 is 2.82 bits per heavy atom. The molecule has 0 saturated carbocycles. The molecule has 3 aromatic rings. The van der Waals surface area contributed by atoms with Crippen LogP contribution in [0.3, 0.4) is 0 Å². The number of anilines is 1. The van der Waals surface area contributed by atoms with E-state index in [2.05, 4.69) is 36.1 Å². The first kappa shape index (κ1) is 14.5. The zero-order valence-corrected chi connectivity index (χ0v) is 13.5. The second-order valence-corrected chi connectivity index (χ2v) is 5.86. The van der Waals surface area contributed by atoms with Gasteiger partial charge in [-0.2, -0.15) is 5.10 Å². The fraction of sp³-hybridized carbons (Fsp3) is 0.143. The molecule has 0 saturated heterocycles. The Morgan fingerprint density at radius 2 is 2.14 bits per heavy atom. The molecule has 0 unspecified atom stereocenters. The number of nitrogens with one attached hydrogen (secondary N) is 1. The first-order chi connectivity index (χ1) is 10.5. The fourth-order valence-electron chi connectivity index (χ4n) is 2.21. The molecule has 3 N–H and O–H groups in total. The molecule has 2 heterocycles. The molecule has 7 nitrogen and oxygen atoms in total. The third-order valence-electron chi connectivity index (χ3n) is 3.19. The van der Waals surface area contributed by atoms with E-state index in [1.54, 1.807) is 26.4 Å². The summed E-state index contributed by atoms with van der Waals surface area (Å²) in [6.45, 7) is 0. The molecule has 3 rings (SSSR count). The highest BCUT2D eigenvalue weighted by atomic mass is 79.9. The number of fused-ring (bicyclic) bond motifs is 1. The van der Waals surface area contributed by atoms with Crippen molar-refractivity contribution in [2.75, 3.05) is 19.8 Å².